The van der Waals surface area contributed by atoms with Crippen LogP contribution in [-0.4, -0.2) is 72.6 Å². The second-order valence-electron chi connectivity index (χ2n) is 8.64. The first-order valence-corrected chi connectivity index (χ1v) is 15.5. The first-order chi connectivity index (χ1) is 21.0. The number of fused-ring (bicyclic) bond motifs is 1. The maximum absolute atomic E-state index is 14.3. The number of amides is 3. The second-order valence-corrected chi connectivity index (χ2v) is 11.6. The molecular formula is C24H24F4N6O10S2. The largest absolute Gasteiger partial charge is 0.453 e. The van der Waals surface area contributed by atoms with E-state index in [2.05, 4.69) is 25.0 Å². The summed E-state index contributed by atoms with van der Waals surface area (Å²) in [6, 6.07) is 7.77. The van der Waals surface area contributed by atoms with Crippen LogP contribution >= 0.6 is 0 Å². The Bertz CT molecular complexity index is 1870. The van der Waals surface area contributed by atoms with Crippen LogP contribution in [0.1, 0.15) is 5.56 Å². The van der Waals surface area contributed by atoms with Crippen LogP contribution in [-0.2, 0) is 31.1 Å². The molecule has 2 aromatic heterocycles. The van der Waals surface area contributed by atoms with Gasteiger partial charge in [-0.2, -0.15) is 30.0 Å². The Balaban J connectivity index is 0.000000642. The SMILES string of the molecule is COC(=O)Nc1nc2ccc(Oc3ccc(N(C(N)=O)c4cc(C(F)(F)F)ccc4F)cn3)cc2[nH]1.CS(=O)(=O)O.CS(=O)(=O)O. The highest BCUT2D eigenvalue weighted by Crippen LogP contribution is 2.36. The average Bonchev–Trinajstić information content (AvgIpc) is 3.29. The molecule has 4 rings (SSSR count). The molecule has 4 aromatic rings. The van der Waals surface area contributed by atoms with Gasteiger partial charge in [-0.05, 0) is 36.4 Å². The van der Waals surface area contributed by atoms with Crippen molar-refractivity contribution in [2.45, 2.75) is 6.18 Å². The maximum Gasteiger partial charge on any atom is 0.416 e. The number of aromatic nitrogens is 3. The predicted molar refractivity (Wildman–Crippen MR) is 155 cm³/mol. The van der Waals surface area contributed by atoms with Gasteiger partial charge in [-0.25, -0.2) is 23.9 Å². The summed E-state index contributed by atoms with van der Waals surface area (Å²) in [5, 5.41) is 2.39. The summed E-state index contributed by atoms with van der Waals surface area (Å²) in [5.41, 5.74) is 4.44. The molecule has 0 saturated heterocycles. The number of primary amides is 1. The monoisotopic (exact) mass is 696 g/mol. The number of imidazole rings is 1. The first-order valence-electron chi connectivity index (χ1n) is 11.8. The lowest BCUT2D eigenvalue weighted by Crippen LogP contribution is -2.32. The molecule has 0 atom stereocenters. The van der Waals surface area contributed by atoms with Crippen molar-refractivity contribution in [3.8, 4) is 11.6 Å². The predicted octanol–water partition coefficient (Wildman–Crippen LogP) is 4.31. The van der Waals surface area contributed by atoms with Crippen molar-refractivity contribution in [2.24, 2.45) is 5.73 Å². The molecule has 22 heteroatoms. The first kappa shape index (κ1) is 37.1. The van der Waals surface area contributed by atoms with E-state index in [1.165, 1.54) is 19.2 Å². The van der Waals surface area contributed by atoms with E-state index in [0.717, 1.165) is 6.20 Å². The summed E-state index contributed by atoms with van der Waals surface area (Å²) in [5.74, 6) is -0.549. The topological polar surface area (TPSA) is 244 Å². The van der Waals surface area contributed by atoms with Crippen LogP contribution in [0.15, 0.2) is 54.7 Å². The lowest BCUT2D eigenvalue weighted by atomic mass is 10.1. The average molecular weight is 697 g/mol. The van der Waals surface area contributed by atoms with E-state index in [-0.39, 0.29) is 17.5 Å². The van der Waals surface area contributed by atoms with E-state index < -0.39 is 55.6 Å². The normalized spacial score (nSPS) is 11.3. The van der Waals surface area contributed by atoms with Crippen molar-refractivity contribution in [1.82, 2.24) is 15.0 Å². The molecule has 0 radical (unpaired) electrons. The molecule has 0 bridgehead atoms. The zero-order valence-electron chi connectivity index (χ0n) is 23.6. The number of urea groups is 1. The highest BCUT2D eigenvalue weighted by molar-refractivity contribution is 7.85. The molecule has 250 valence electrons. The summed E-state index contributed by atoms with van der Waals surface area (Å²) in [6.07, 6.45) is -2.94. The lowest BCUT2D eigenvalue weighted by molar-refractivity contribution is -0.137. The number of H-pyrrole nitrogens is 1. The number of methoxy groups -OCH3 is 1. The number of nitrogens with two attached hydrogens (primary N) is 1. The molecule has 2 aromatic carbocycles. The van der Waals surface area contributed by atoms with Gasteiger partial charge in [-0.3, -0.25) is 19.3 Å². The number of rotatable bonds is 5. The number of hydrogen-bond acceptors (Lipinski definition) is 10. The Labute approximate surface area is 257 Å². The number of nitrogens with zero attached hydrogens (tertiary/aromatic N) is 3. The van der Waals surface area contributed by atoms with Gasteiger partial charge in [0.2, 0.25) is 11.8 Å². The molecule has 0 aliphatic rings. The quantitative estimate of drug-likeness (QED) is 0.145. The van der Waals surface area contributed by atoms with E-state index in [1.807, 2.05) is 0 Å². The molecular weight excluding hydrogens is 672 g/mol. The van der Waals surface area contributed by atoms with Gasteiger partial charge < -0.3 is 20.2 Å². The summed E-state index contributed by atoms with van der Waals surface area (Å²) >= 11 is 0. The molecule has 0 unspecified atom stereocenters. The molecule has 0 aliphatic carbocycles. The van der Waals surface area contributed by atoms with Crippen LogP contribution in [0.25, 0.3) is 11.0 Å². The highest BCUT2D eigenvalue weighted by atomic mass is 32.2. The number of nitrogens with one attached hydrogen (secondary N) is 2. The van der Waals surface area contributed by atoms with Gasteiger partial charge in [0, 0.05) is 12.1 Å². The smallest absolute Gasteiger partial charge is 0.416 e. The number of carbonyl (C=O) groups excluding carboxylic acids is 2. The van der Waals surface area contributed by atoms with Crippen molar-refractivity contribution in [1.29, 1.82) is 0 Å². The summed E-state index contributed by atoms with van der Waals surface area (Å²) in [7, 11) is -6.12. The van der Waals surface area contributed by atoms with Crippen LogP contribution in [0, 0.1) is 5.82 Å². The van der Waals surface area contributed by atoms with E-state index in [0.29, 0.717) is 52.4 Å². The van der Waals surface area contributed by atoms with E-state index in [9.17, 15) is 44.0 Å². The Kier molecular flexibility index (Phi) is 12.0. The van der Waals surface area contributed by atoms with Crippen molar-refractivity contribution in [2.75, 3.05) is 29.8 Å². The Morgan fingerprint density at radius 1 is 1.00 bits per heavy atom. The van der Waals surface area contributed by atoms with E-state index in [1.54, 1.807) is 18.2 Å². The van der Waals surface area contributed by atoms with E-state index in [4.69, 9.17) is 19.6 Å². The van der Waals surface area contributed by atoms with Crippen LogP contribution in [0.4, 0.5) is 44.5 Å². The molecule has 0 aliphatic heterocycles. The number of ether oxygens (including phenoxy) is 2. The second kappa shape index (κ2) is 14.8. The Morgan fingerprint density at radius 2 is 1.61 bits per heavy atom. The third-order valence-electron chi connectivity index (χ3n) is 4.80. The van der Waals surface area contributed by atoms with E-state index >= 15 is 0 Å². The van der Waals surface area contributed by atoms with Crippen molar-refractivity contribution in [3.63, 3.8) is 0 Å². The Morgan fingerprint density at radius 3 is 2.11 bits per heavy atom. The fraction of sp³-hybridized carbons (Fsp3) is 0.167. The summed E-state index contributed by atoms with van der Waals surface area (Å²) < 4.78 is 115. The number of benzene rings is 2. The van der Waals surface area contributed by atoms with Crippen molar-refractivity contribution in [3.05, 3.63) is 66.1 Å². The molecule has 0 spiro atoms. The van der Waals surface area contributed by atoms with Crippen molar-refractivity contribution < 1.29 is 62.6 Å². The minimum absolute atomic E-state index is 0.0551. The molecule has 2 heterocycles. The van der Waals surface area contributed by atoms with Crippen LogP contribution in [0.2, 0.25) is 0 Å². The molecule has 3 amide bonds. The summed E-state index contributed by atoms with van der Waals surface area (Å²) in [6.45, 7) is 0. The summed E-state index contributed by atoms with van der Waals surface area (Å²) in [4.78, 5) is 34.9. The molecule has 0 fully saturated rings. The van der Waals surface area contributed by atoms with Gasteiger partial charge in [0.05, 0.1) is 53.8 Å². The van der Waals surface area contributed by atoms with Gasteiger partial charge in [0.1, 0.15) is 11.6 Å². The number of carbonyl (C=O) groups is 2. The van der Waals surface area contributed by atoms with Crippen LogP contribution in [0.5, 0.6) is 11.6 Å². The fourth-order valence-corrected chi connectivity index (χ4v) is 3.19. The maximum atomic E-state index is 14.3. The number of hydrogen-bond donors (Lipinski definition) is 5. The van der Waals surface area contributed by atoms with Gasteiger partial charge in [0.15, 0.2) is 0 Å². The van der Waals surface area contributed by atoms with Gasteiger partial charge in [0.25, 0.3) is 20.2 Å². The number of aromatic amines is 1. The number of anilines is 3. The highest BCUT2D eigenvalue weighted by Gasteiger charge is 2.32. The third kappa shape index (κ3) is 12.5. The van der Waals surface area contributed by atoms with Gasteiger partial charge in [-0.15, -0.1) is 0 Å². The zero-order valence-corrected chi connectivity index (χ0v) is 25.2. The number of halogens is 4. The lowest BCUT2D eigenvalue weighted by Gasteiger charge is -2.22. The zero-order chi connectivity index (χ0) is 35.0. The van der Waals surface area contributed by atoms with Gasteiger partial charge >= 0.3 is 18.3 Å². The Hall–Kier alpha value is -5.06. The van der Waals surface area contributed by atoms with Crippen LogP contribution in [0.3, 0.4) is 0 Å². The minimum Gasteiger partial charge on any atom is -0.453 e. The molecule has 6 N–H and O–H groups in total. The van der Waals surface area contributed by atoms with Crippen molar-refractivity contribution >= 4 is 60.7 Å². The number of pyridine rings is 1. The standard InChI is InChI=1S/C22H16F4N6O4.2CH4O3S/c1-35-21(34)31-20-29-15-6-4-13(9-16(15)30-20)36-18-7-3-12(10-28-18)32(19(27)33)17-8-11(22(24,25)26)2-5-14(17)23;2*1-5(2,3)4/h2-10H,1H3,(H2,27,33)(H2,29,30,31,34);2*1H3,(H,2,3,4). The third-order valence-corrected chi connectivity index (χ3v) is 4.80. The molecule has 46 heavy (non-hydrogen) atoms. The molecule has 0 saturated carbocycles. The number of alkyl halides is 3. The van der Waals surface area contributed by atoms with Crippen LogP contribution < -0.4 is 20.7 Å². The fourth-order valence-electron chi connectivity index (χ4n) is 3.19. The molecule has 16 nitrogen and oxygen atoms in total. The minimum atomic E-state index is -4.76. The van der Waals surface area contributed by atoms with Gasteiger partial charge in [-0.1, -0.05) is 0 Å².